The van der Waals surface area contributed by atoms with E-state index in [9.17, 15) is 13.2 Å². The molecule has 1 N–H and O–H groups in total. The average Bonchev–Trinajstić information content (AvgIpc) is 3.35. The quantitative estimate of drug-likeness (QED) is 0.550. The first kappa shape index (κ1) is 21.2. The summed E-state index contributed by atoms with van der Waals surface area (Å²) >= 11 is 1.51. The zero-order valence-corrected chi connectivity index (χ0v) is 18.5. The fraction of sp³-hybridized carbons (Fsp3) is 0.227. The predicted molar refractivity (Wildman–Crippen MR) is 120 cm³/mol. The summed E-state index contributed by atoms with van der Waals surface area (Å²) in [6.07, 6.45) is 1.03. The molecule has 0 radical (unpaired) electrons. The van der Waals surface area contributed by atoms with Gasteiger partial charge in [0.2, 0.25) is 0 Å². The van der Waals surface area contributed by atoms with Crippen LogP contribution in [0.5, 0.6) is 0 Å². The van der Waals surface area contributed by atoms with Gasteiger partial charge in [0.25, 0.3) is 10.0 Å². The van der Waals surface area contributed by atoms with Gasteiger partial charge in [0.05, 0.1) is 23.6 Å². The van der Waals surface area contributed by atoms with E-state index in [0.717, 1.165) is 17.0 Å². The van der Waals surface area contributed by atoms with E-state index in [1.165, 1.54) is 23.0 Å². The number of rotatable bonds is 7. The molecule has 3 aromatic rings. The van der Waals surface area contributed by atoms with Crippen molar-refractivity contribution < 1.29 is 17.9 Å². The zero-order valence-electron chi connectivity index (χ0n) is 16.9. The minimum absolute atomic E-state index is 0.0445. The Morgan fingerprint density at radius 1 is 1.16 bits per heavy atom. The lowest BCUT2D eigenvalue weighted by molar-refractivity contribution is -0.144. The van der Waals surface area contributed by atoms with Crippen LogP contribution in [0.3, 0.4) is 0 Å². The van der Waals surface area contributed by atoms with Gasteiger partial charge in [-0.3, -0.25) is 14.5 Å². The number of aliphatic imine (C=N–C) groups is 1. The number of carbonyl (C=O) groups is 1. The van der Waals surface area contributed by atoms with Crippen LogP contribution in [0.1, 0.15) is 30.2 Å². The van der Waals surface area contributed by atoms with Gasteiger partial charge in [-0.1, -0.05) is 43.3 Å². The van der Waals surface area contributed by atoms with Gasteiger partial charge in [0.1, 0.15) is 17.5 Å². The molecule has 1 aliphatic heterocycles. The number of carbonyl (C=O) groups excluding carboxylic acids is 1. The van der Waals surface area contributed by atoms with Crippen molar-refractivity contribution in [1.82, 2.24) is 9.71 Å². The van der Waals surface area contributed by atoms with E-state index in [-0.39, 0.29) is 30.3 Å². The van der Waals surface area contributed by atoms with Crippen LogP contribution in [0.4, 0.5) is 0 Å². The molecule has 9 heteroatoms. The molecule has 0 saturated carbocycles. The van der Waals surface area contributed by atoms with Crippen LogP contribution in [0.2, 0.25) is 0 Å². The minimum Gasteiger partial charge on any atom is -0.459 e. The van der Waals surface area contributed by atoms with E-state index in [1.54, 1.807) is 18.2 Å². The standard InChI is InChI=1S/C22H21N3O4S2/c1-2-15-7-9-16(10-8-15)22-24-17(14-30-22)13-29-20(26)11-12-23-21-18-5-3-4-6-19(18)31(27,28)25-21/h3-10,14H,2,11-13H2,1H3,(H,23,25). The first-order chi connectivity index (χ1) is 15.0. The molecule has 0 aliphatic carbocycles. The SMILES string of the molecule is CCc1ccc(-c2nc(COC(=O)CCN=C3NS(=O)(=O)c4ccccc43)cs2)cc1. The number of hydrogen-bond acceptors (Lipinski definition) is 7. The molecular formula is C22H21N3O4S2. The lowest BCUT2D eigenvalue weighted by atomic mass is 10.1. The highest BCUT2D eigenvalue weighted by Gasteiger charge is 2.29. The lowest BCUT2D eigenvalue weighted by Gasteiger charge is -2.02. The second kappa shape index (κ2) is 8.99. The normalized spacial score (nSPS) is 15.5. The maximum absolute atomic E-state index is 12.1. The topological polar surface area (TPSA) is 97.7 Å². The van der Waals surface area contributed by atoms with Gasteiger partial charge in [0.15, 0.2) is 0 Å². The van der Waals surface area contributed by atoms with Gasteiger partial charge < -0.3 is 4.74 Å². The summed E-state index contributed by atoms with van der Waals surface area (Å²) in [5, 5.41) is 2.76. The Balaban J connectivity index is 1.30. The van der Waals surface area contributed by atoms with E-state index < -0.39 is 16.0 Å². The fourth-order valence-corrected chi connectivity index (χ4v) is 5.19. The molecule has 31 heavy (non-hydrogen) atoms. The number of nitrogens with one attached hydrogen (secondary N) is 1. The van der Waals surface area contributed by atoms with Crippen molar-refractivity contribution in [2.24, 2.45) is 4.99 Å². The Morgan fingerprint density at radius 2 is 1.94 bits per heavy atom. The van der Waals surface area contributed by atoms with Crippen LogP contribution in [0.15, 0.2) is 63.8 Å². The van der Waals surface area contributed by atoms with Gasteiger partial charge in [0, 0.05) is 16.5 Å². The van der Waals surface area contributed by atoms with Crippen molar-refractivity contribution in [3.63, 3.8) is 0 Å². The van der Waals surface area contributed by atoms with E-state index in [4.69, 9.17) is 4.74 Å². The number of esters is 1. The Hall–Kier alpha value is -3.04. The third kappa shape index (κ3) is 4.83. The highest BCUT2D eigenvalue weighted by atomic mass is 32.2. The number of sulfonamides is 1. The Morgan fingerprint density at radius 3 is 2.71 bits per heavy atom. The van der Waals surface area contributed by atoms with Crippen molar-refractivity contribution in [2.75, 3.05) is 6.54 Å². The molecular weight excluding hydrogens is 434 g/mol. The second-order valence-electron chi connectivity index (χ2n) is 6.94. The zero-order chi connectivity index (χ0) is 21.8. The van der Waals surface area contributed by atoms with Crippen LogP contribution >= 0.6 is 11.3 Å². The molecule has 0 amide bonds. The Kier molecular flexibility index (Phi) is 6.15. The van der Waals surface area contributed by atoms with Gasteiger partial charge in [-0.25, -0.2) is 13.4 Å². The third-order valence-electron chi connectivity index (χ3n) is 4.79. The summed E-state index contributed by atoms with van der Waals surface area (Å²) < 4.78 is 31.8. The first-order valence-electron chi connectivity index (χ1n) is 9.82. The largest absolute Gasteiger partial charge is 0.459 e. The molecule has 2 heterocycles. The number of aromatic nitrogens is 1. The summed E-state index contributed by atoms with van der Waals surface area (Å²) in [5.74, 6) is -0.165. The summed E-state index contributed by atoms with van der Waals surface area (Å²) in [6, 6.07) is 14.9. The highest BCUT2D eigenvalue weighted by molar-refractivity contribution is 7.90. The van der Waals surface area contributed by atoms with E-state index in [2.05, 4.69) is 33.8 Å². The molecule has 0 saturated heterocycles. The molecule has 4 rings (SSSR count). The number of aryl methyl sites for hydroxylation is 1. The van der Waals surface area contributed by atoms with Crippen LogP contribution in [-0.2, 0) is 32.6 Å². The molecule has 0 atom stereocenters. The van der Waals surface area contributed by atoms with Crippen LogP contribution in [0.25, 0.3) is 10.6 Å². The number of nitrogens with zero attached hydrogens (tertiary/aromatic N) is 2. The van der Waals surface area contributed by atoms with Gasteiger partial charge in [-0.05, 0) is 24.1 Å². The van der Waals surface area contributed by atoms with Crippen LogP contribution < -0.4 is 4.72 Å². The number of amidine groups is 1. The van der Waals surface area contributed by atoms with Gasteiger partial charge in [-0.2, -0.15) is 0 Å². The van der Waals surface area contributed by atoms with Crippen molar-refractivity contribution >= 4 is 33.2 Å². The van der Waals surface area contributed by atoms with Crippen molar-refractivity contribution in [3.8, 4) is 10.6 Å². The van der Waals surface area contributed by atoms with Gasteiger partial charge in [-0.15, -0.1) is 11.3 Å². The van der Waals surface area contributed by atoms with Crippen molar-refractivity contribution in [1.29, 1.82) is 0 Å². The predicted octanol–water partition coefficient (Wildman–Crippen LogP) is 3.54. The summed E-state index contributed by atoms with van der Waals surface area (Å²) in [7, 11) is -3.58. The van der Waals surface area contributed by atoms with Gasteiger partial charge >= 0.3 is 5.97 Å². The molecule has 160 valence electrons. The summed E-state index contributed by atoms with van der Waals surface area (Å²) in [6.45, 7) is 2.33. The van der Waals surface area contributed by atoms with Crippen LogP contribution in [-0.4, -0.2) is 31.8 Å². The molecule has 0 unspecified atom stereocenters. The number of benzene rings is 2. The number of hydrogen-bond donors (Lipinski definition) is 1. The highest BCUT2D eigenvalue weighted by Crippen LogP contribution is 2.25. The van der Waals surface area contributed by atoms with E-state index in [0.29, 0.717) is 11.3 Å². The molecule has 0 fully saturated rings. The Bertz CT molecular complexity index is 1230. The molecule has 1 aliphatic rings. The van der Waals surface area contributed by atoms with E-state index >= 15 is 0 Å². The molecule has 2 aromatic carbocycles. The summed E-state index contributed by atoms with van der Waals surface area (Å²) in [5.41, 5.74) is 3.51. The minimum atomic E-state index is -3.58. The fourth-order valence-electron chi connectivity index (χ4n) is 3.13. The molecule has 0 bridgehead atoms. The maximum Gasteiger partial charge on any atom is 0.308 e. The third-order valence-corrected chi connectivity index (χ3v) is 7.13. The summed E-state index contributed by atoms with van der Waals surface area (Å²) in [4.78, 5) is 21.0. The average molecular weight is 456 g/mol. The number of fused-ring (bicyclic) bond motifs is 1. The molecule has 1 aromatic heterocycles. The lowest BCUT2D eigenvalue weighted by Crippen LogP contribution is -2.22. The monoisotopic (exact) mass is 455 g/mol. The number of thiazole rings is 1. The molecule has 7 nitrogen and oxygen atoms in total. The smallest absolute Gasteiger partial charge is 0.308 e. The number of ether oxygens (including phenoxy) is 1. The first-order valence-corrected chi connectivity index (χ1v) is 12.2. The van der Waals surface area contributed by atoms with Crippen molar-refractivity contribution in [2.45, 2.75) is 31.3 Å². The molecule has 0 spiro atoms. The maximum atomic E-state index is 12.1. The second-order valence-corrected chi connectivity index (χ2v) is 9.45. The van der Waals surface area contributed by atoms with E-state index in [1.807, 2.05) is 17.5 Å². The Labute approximate surface area is 184 Å². The van der Waals surface area contributed by atoms with Crippen LogP contribution in [0, 0.1) is 0 Å². The van der Waals surface area contributed by atoms with Crippen molar-refractivity contribution in [3.05, 3.63) is 70.7 Å².